The van der Waals surface area contributed by atoms with Crippen LogP contribution < -0.4 is 0 Å². The van der Waals surface area contributed by atoms with Crippen LogP contribution in [0.4, 0.5) is 0 Å². The molecule has 0 aromatic carbocycles. The first-order chi connectivity index (χ1) is 14.2. The Morgan fingerprint density at radius 2 is 1.90 bits per heavy atom. The van der Waals surface area contributed by atoms with Crippen LogP contribution in [0.3, 0.4) is 0 Å². The van der Waals surface area contributed by atoms with Crippen molar-refractivity contribution in [2.45, 2.75) is 64.9 Å². The van der Waals surface area contributed by atoms with Gasteiger partial charge in [0.2, 0.25) is 5.78 Å². The predicted octanol–water partition coefficient (Wildman–Crippen LogP) is 3.45. The van der Waals surface area contributed by atoms with Crippen LogP contribution in [0.1, 0.15) is 66.0 Å². The molecule has 2 aromatic rings. The van der Waals surface area contributed by atoms with Gasteiger partial charge in [-0.3, -0.25) is 14.2 Å². The molecule has 0 saturated heterocycles. The van der Waals surface area contributed by atoms with E-state index in [-0.39, 0.29) is 18.4 Å². The Balaban J connectivity index is 1.31. The molecule has 7 heteroatoms. The number of ether oxygens (including phenoxy) is 1. The summed E-state index contributed by atoms with van der Waals surface area (Å²) in [5.74, 6) is 1.56. The quantitative estimate of drug-likeness (QED) is 0.597. The molecule has 4 fully saturated rings. The number of nitrogens with zero attached hydrogens (tertiary/aromatic N) is 2. The molecule has 4 bridgehead atoms. The molecular formula is C23H28N2O5. The lowest BCUT2D eigenvalue weighted by molar-refractivity contribution is -0.195. The predicted molar refractivity (Wildman–Crippen MR) is 107 cm³/mol. The van der Waals surface area contributed by atoms with E-state index in [2.05, 4.69) is 5.16 Å². The van der Waals surface area contributed by atoms with Crippen LogP contribution in [-0.4, -0.2) is 38.8 Å². The van der Waals surface area contributed by atoms with Crippen LogP contribution >= 0.6 is 0 Å². The topological polar surface area (TPSA) is 94.6 Å². The van der Waals surface area contributed by atoms with E-state index in [4.69, 9.17) is 9.26 Å². The zero-order valence-corrected chi connectivity index (χ0v) is 17.7. The molecule has 0 aliphatic heterocycles. The molecule has 4 aliphatic carbocycles. The maximum Gasteiger partial charge on any atom is 0.312 e. The molecule has 2 aromatic heterocycles. The molecule has 0 spiro atoms. The first-order valence-corrected chi connectivity index (χ1v) is 10.7. The Kier molecular flexibility index (Phi) is 4.26. The van der Waals surface area contributed by atoms with Gasteiger partial charge in [0.15, 0.2) is 12.4 Å². The van der Waals surface area contributed by atoms with Crippen molar-refractivity contribution in [2.75, 3.05) is 6.61 Å². The molecule has 30 heavy (non-hydrogen) atoms. The minimum absolute atomic E-state index is 0.230. The summed E-state index contributed by atoms with van der Waals surface area (Å²) in [5.41, 5.74) is 0.775. The van der Waals surface area contributed by atoms with Gasteiger partial charge in [-0.25, -0.2) is 0 Å². The van der Waals surface area contributed by atoms with Crippen LogP contribution in [0.15, 0.2) is 16.7 Å². The molecular weight excluding hydrogens is 384 g/mol. The van der Waals surface area contributed by atoms with E-state index < -0.39 is 11.0 Å². The molecule has 6 rings (SSSR count). The second kappa shape index (κ2) is 6.54. The average Bonchev–Trinajstić information content (AvgIpc) is 3.19. The van der Waals surface area contributed by atoms with Gasteiger partial charge in [0, 0.05) is 23.0 Å². The van der Waals surface area contributed by atoms with Gasteiger partial charge in [-0.2, -0.15) is 0 Å². The number of esters is 1. The minimum Gasteiger partial charge on any atom is -0.457 e. The third-order valence-corrected chi connectivity index (χ3v) is 7.37. The van der Waals surface area contributed by atoms with Gasteiger partial charge in [-0.1, -0.05) is 5.16 Å². The molecule has 7 nitrogen and oxygen atoms in total. The number of ketones is 1. The molecule has 1 N–H and O–H groups in total. The zero-order chi connectivity index (χ0) is 21.3. The van der Waals surface area contributed by atoms with Crippen molar-refractivity contribution in [1.29, 1.82) is 0 Å². The van der Waals surface area contributed by atoms with Crippen molar-refractivity contribution in [3.05, 3.63) is 34.8 Å². The highest BCUT2D eigenvalue weighted by molar-refractivity contribution is 5.99. The van der Waals surface area contributed by atoms with E-state index >= 15 is 0 Å². The summed E-state index contributed by atoms with van der Waals surface area (Å²) in [4.78, 5) is 25.9. The minimum atomic E-state index is -0.728. The van der Waals surface area contributed by atoms with Crippen LogP contribution in [0.2, 0.25) is 0 Å². The van der Waals surface area contributed by atoms with Crippen molar-refractivity contribution >= 4 is 11.8 Å². The second-order valence-electron chi connectivity index (χ2n) is 9.88. The summed E-state index contributed by atoms with van der Waals surface area (Å²) in [6.07, 6.45) is 4.72. The van der Waals surface area contributed by atoms with Gasteiger partial charge in [0.05, 0.1) is 11.0 Å². The highest BCUT2D eigenvalue weighted by atomic mass is 16.5. The van der Waals surface area contributed by atoms with Gasteiger partial charge in [0.25, 0.3) is 0 Å². The second-order valence-corrected chi connectivity index (χ2v) is 9.88. The van der Waals surface area contributed by atoms with Crippen LogP contribution in [-0.2, 0) is 9.53 Å². The standard InChI is InChI=1S/C23H28N2O5/c1-13-4-18(15(3)25(13)20-5-14(2)30-24-20)19(26)11-29-21(27)22-7-16-6-17(8-22)10-23(28,9-16)12-22/h4-5,16-17,28H,6-12H2,1-3H3. The lowest BCUT2D eigenvalue weighted by Crippen LogP contribution is -2.58. The molecule has 160 valence electrons. The Bertz CT molecular complexity index is 1020. The smallest absolute Gasteiger partial charge is 0.312 e. The number of hydrogen-bond donors (Lipinski definition) is 1. The fourth-order valence-electron chi connectivity index (χ4n) is 6.67. The van der Waals surface area contributed by atoms with E-state index in [0.717, 1.165) is 43.5 Å². The highest BCUT2D eigenvalue weighted by Gasteiger charge is 2.60. The maximum atomic E-state index is 13.0. The van der Waals surface area contributed by atoms with Crippen molar-refractivity contribution in [3.63, 3.8) is 0 Å². The maximum absolute atomic E-state index is 13.0. The number of carbonyl (C=O) groups excluding carboxylic acids is 2. The van der Waals surface area contributed by atoms with Gasteiger partial charge >= 0.3 is 5.97 Å². The number of aliphatic hydroxyl groups is 1. The molecule has 2 atom stereocenters. The highest BCUT2D eigenvalue weighted by Crippen LogP contribution is 2.61. The van der Waals surface area contributed by atoms with E-state index in [9.17, 15) is 14.7 Å². The number of hydrogen-bond acceptors (Lipinski definition) is 6. The summed E-state index contributed by atoms with van der Waals surface area (Å²) >= 11 is 0. The summed E-state index contributed by atoms with van der Waals surface area (Å²) in [7, 11) is 0. The molecule has 2 heterocycles. The molecule has 0 amide bonds. The molecule has 4 saturated carbocycles. The number of aromatic nitrogens is 2. The van der Waals surface area contributed by atoms with Crippen molar-refractivity contribution in [1.82, 2.24) is 9.72 Å². The number of carbonyl (C=O) groups is 2. The number of Topliss-reactive ketones (excluding diaryl/α,β-unsaturated/α-hetero) is 1. The van der Waals surface area contributed by atoms with Gasteiger partial charge in [-0.05, 0) is 77.2 Å². The van der Waals surface area contributed by atoms with Gasteiger partial charge in [-0.15, -0.1) is 0 Å². The third-order valence-electron chi connectivity index (χ3n) is 7.37. The molecule has 2 unspecified atom stereocenters. The van der Waals surface area contributed by atoms with E-state index in [0.29, 0.717) is 35.4 Å². The normalized spacial score (nSPS) is 31.9. The van der Waals surface area contributed by atoms with E-state index in [1.807, 2.05) is 31.4 Å². The van der Waals surface area contributed by atoms with Crippen molar-refractivity contribution in [3.8, 4) is 5.82 Å². The number of rotatable bonds is 5. The Hall–Kier alpha value is -2.41. The molecule has 0 radical (unpaired) electrons. The Morgan fingerprint density at radius 3 is 2.50 bits per heavy atom. The lowest BCUT2D eigenvalue weighted by atomic mass is 9.48. The Labute approximate surface area is 175 Å². The largest absolute Gasteiger partial charge is 0.457 e. The first-order valence-electron chi connectivity index (χ1n) is 10.7. The van der Waals surface area contributed by atoms with Crippen molar-refractivity contribution in [2.24, 2.45) is 17.3 Å². The fraction of sp³-hybridized carbons (Fsp3) is 0.609. The summed E-state index contributed by atoms with van der Waals surface area (Å²) in [5, 5.41) is 14.9. The summed E-state index contributed by atoms with van der Waals surface area (Å²) < 4.78 is 12.6. The van der Waals surface area contributed by atoms with Gasteiger partial charge < -0.3 is 14.4 Å². The average molecular weight is 412 g/mol. The Morgan fingerprint density at radius 1 is 1.20 bits per heavy atom. The third kappa shape index (κ3) is 3.02. The molecule has 4 aliphatic rings. The van der Waals surface area contributed by atoms with Crippen LogP contribution in [0, 0.1) is 38.0 Å². The fourth-order valence-corrected chi connectivity index (χ4v) is 6.67. The summed E-state index contributed by atoms with van der Waals surface area (Å²) in [6, 6.07) is 3.61. The lowest BCUT2D eigenvalue weighted by Gasteiger charge is -2.58. The van der Waals surface area contributed by atoms with Gasteiger partial charge in [0.1, 0.15) is 5.76 Å². The van der Waals surface area contributed by atoms with E-state index in [1.54, 1.807) is 6.07 Å². The SMILES string of the molecule is Cc1cc(-n2c(C)cc(C(=O)COC(=O)C34CC5CC(CC(O)(C5)C3)C4)c2C)no1. The van der Waals surface area contributed by atoms with Crippen molar-refractivity contribution < 1.29 is 24.0 Å². The first kappa shape index (κ1) is 19.5. The summed E-state index contributed by atoms with van der Waals surface area (Å²) in [6.45, 7) is 5.28. The van der Waals surface area contributed by atoms with Crippen LogP contribution in [0.5, 0.6) is 0 Å². The number of aryl methyl sites for hydroxylation is 2. The zero-order valence-electron chi connectivity index (χ0n) is 17.7. The van der Waals surface area contributed by atoms with Crippen LogP contribution in [0.25, 0.3) is 5.82 Å². The monoisotopic (exact) mass is 412 g/mol. The van der Waals surface area contributed by atoms with E-state index in [1.165, 1.54) is 0 Å².